The van der Waals surface area contributed by atoms with E-state index in [1.807, 2.05) is 13.8 Å². The second kappa shape index (κ2) is 12.3. The molecule has 0 aromatic heterocycles. The first-order chi connectivity index (χ1) is 10.5. The van der Waals surface area contributed by atoms with E-state index in [4.69, 9.17) is 9.47 Å². The maximum Gasteiger partial charge on any atom is 0.410 e. The number of hydrogen-bond donors (Lipinski definition) is 0. The van der Waals surface area contributed by atoms with E-state index in [0.717, 1.165) is 12.8 Å². The second-order valence-corrected chi connectivity index (χ2v) is 5.93. The van der Waals surface area contributed by atoms with Crippen LogP contribution < -0.4 is 0 Å². The molecular formula is C17H33NO4. The molecule has 0 bridgehead atoms. The molecule has 22 heavy (non-hydrogen) atoms. The summed E-state index contributed by atoms with van der Waals surface area (Å²) in [5.74, 6) is -0.370. The number of likely N-dealkylation sites (N-methyl/N-ethyl adjacent to an activating group) is 1. The Bertz CT molecular complexity index is 318. The summed E-state index contributed by atoms with van der Waals surface area (Å²) in [6.45, 7) is 8.44. The number of carbonyl (C=O) groups is 2. The lowest BCUT2D eigenvalue weighted by Crippen LogP contribution is -2.46. The second-order valence-electron chi connectivity index (χ2n) is 5.93. The van der Waals surface area contributed by atoms with E-state index in [1.165, 1.54) is 30.6 Å². The third kappa shape index (κ3) is 8.25. The Morgan fingerprint density at radius 3 is 2.09 bits per heavy atom. The molecule has 0 aromatic rings. The molecule has 130 valence electrons. The predicted octanol–water partition coefficient (Wildman–Crippen LogP) is 4.00. The van der Waals surface area contributed by atoms with Gasteiger partial charge >= 0.3 is 12.1 Å². The fourth-order valence-electron chi connectivity index (χ4n) is 2.36. The molecule has 1 unspecified atom stereocenters. The van der Waals surface area contributed by atoms with Crippen molar-refractivity contribution in [2.75, 3.05) is 20.3 Å². The molecule has 0 saturated carbocycles. The van der Waals surface area contributed by atoms with Gasteiger partial charge in [-0.15, -0.1) is 0 Å². The standard InChI is InChI=1S/C17H33NO4/c1-6-8-9-10-11-12-13-22-16(19)15(14(3)4)18(5)17(20)21-7-2/h14-15H,6-13H2,1-5H3. The molecule has 1 amide bonds. The summed E-state index contributed by atoms with van der Waals surface area (Å²) in [6.07, 6.45) is 6.38. The molecule has 5 nitrogen and oxygen atoms in total. The van der Waals surface area contributed by atoms with Gasteiger partial charge in [0.05, 0.1) is 13.2 Å². The van der Waals surface area contributed by atoms with Gasteiger partial charge in [0.1, 0.15) is 6.04 Å². The van der Waals surface area contributed by atoms with Crippen molar-refractivity contribution < 1.29 is 19.1 Å². The van der Waals surface area contributed by atoms with Gasteiger partial charge in [0.25, 0.3) is 0 Å². The smallest absolute Gasteiger partial charge is 0.410 e. The summed E-state index contributed by atoms with van der Waals surface area (Å²) in [4.78, 5) is 25.3. The minimum Gasteiger partial charge on any atom is -0.464 e. The summed E-state index contributed by atoms with van der Waals surface area (Å²) >= 11 is 0. The lowest BCUT2D eigenvalue weighted by atomic mass is 10.0. The molecular weight excluding hydrogens is 282 g/mol. The van der Waals surface area contributed by atoms with Gasteiger partial charge in [-0.1, -0.05) is 52.9 Å². The Balaban J connectivity index is 4.18. The highest BCUT2D eigenvalue weighted by Gasteiger charge is 2.31. The quantitative estimate of drug-likeness (QED) is 0.427. The van der Waals surface area contributed by atoms with Crippen LogP contribution in [0.4, 0.5) is 4.79 Å². The molecule has 0 spiro atoms. The monoisotopic (exact) mass is 315 g/mol. The largest absolute Gasteiger partial charge is 0.464 e. The number of esters is 1. The number of carbonyl (C=O) groups excluding carboxylic acids is 2. The Labute approximate surface area is 135 Å². The minimum atomic E-state index is -0.598. The molecule has 0 aliphatic carbocycles. The summed E-state index contributed by atoms with van der Waals surface area (Å²) in [7, 11) is 1.58. The molecule has 0 heterocycles. The van der Waals surface area contributed by atoms with Crippen LogP contribution in [-0.2, 0) is 14.3 Å². The molecule has 0 N–H and O–H groups in total. The third-order valence-corrected chi connectivity index (χ3v) is 3.59. The zero-order chi connectivity index (χ0) is 17.0. The summed E-state index contributed by atoms with van der Waals surface area (Å²) < 4.78 is 10.3. The average molecular weight is 315 g/mol. The first-order valence-corrected chi connectivity index (χ1v) is 8.51. The van der Waals surface area contributed by atoms with E-state index in [1.54, 1.807) is 14.0 Å². The number of ether oxygens (including phenoxy) is 2. The van der Waals surface area contributed by atoms with Crippen molar-refractivity contribution in [2.45, 2.75) is 72.3 Å². The van der Waals surface area contributed by atoms with Crippen LogP contribution in [0.3, 0.4) is 0 Å². The Kier molecular flexibility index (Phi) is 11.6. The van der Waals surface area contributed by atoms with Gasteiger partial charge in [0.2, 0.25) is 0 Å². The third-order valence-electron chi connectivity index (χ3n) is 3.59. The maximum absolute atomic E-state index is 12.2. The lowest BCUT2D eigenvalue weighted by Gasteiger charge is -2.28. The molecule has 0 radical (unpaired) electrons. The summed E-state index contributed by atoms with van der Waals surface area (Å²) in [5, 5.41) is 0. The van der Waals surface area contributed by atoms with Crippen molar-refractivity contribution >= 4 is 12.1 Å². The van der Waals surface area contributed by atoms with E-state index < -0.39 is 12.1 Å². The van der Waals surface area contributed by atoms with Gasteiger partial charge in [0, 0.05) is 7.05 Å². The van der Waals surface area contributed by atoms with Gasteiger partial charge in [-0.2, -0.15) is 0 Å². The summed E-state index contributed by atoms with van der Waals surface area (Å²) in [6, 6.07) is -0.598. The zero-order valence-corrected chi connectivity index (χ0v) is 14.9. The van der Waals surface area contributed by atoms with Crippen molar-refractivity contribution in [3.63, 3.8) is 0 Å². The van der Waals surface area contributed by atoms with Gasteiger partial charge in [-0.05, 0) is 19.3 Å². The number of nitrogens with zero attached hydrogens (tertiary/aromatic N) is 1. The zero-order valence-electron chi connectivity index (χ0n) is 14.9. The molecule has 0 aliphatic heterocycles. The van der Waals surface area contributed by atoms with Gasteiger partial charge in [0.15, 0.2) is 0 Å². The van der Waals surface area contributed by atoms with Gasteiger partial charge < -0.3 is 9.47 Å². The molecule has 0 rings (SSSR count). The van der Waals surface area contributed by atoms with Crippen LogP contribution in [-0.4, -0.2) is 43.3 Å². The topological polar surface area (TPSA) is 55.8 Å². The number of hydrogen-bond acceptors (Lipinski definition) is 4. The van der Waals surface area contributed by atoms with E-state index >= 15 is 0 Å². The summed E-state index contributed by atoms with van der Waals surface area (Å²) in [5.41, 5.74) is 0. The fourth-order valence-corrected chi connectivity index (χ4v) is 2.36. The van der Waals surface area contributed by atoms with Crippen LogP contribution in [0, 0.1) is 5.92 Å². The van der Waals surface area contributed by atoms with Crippen molar-refractivity contribution in [3.05, 3.63) is 0 Å². The predicted molar refractivity (Wildman–Crippen MR) is 87.7 cm³/mol. The number of rotatable bonds is 11. The highest BCUT2D eigenvalue weighted by molar-refractivity contribution is 5.81. The first-order valence-electron chi connectivity index (χ1n) is 8.51. The van der Waals surface area contributed by atoms with E-state index in [0.29, 0.717) is 13.2 Å². The van der Waals surface area contributed by atoms with Crippen LogP contribution >= 0.6 is 0 Å². The highest BCUT2D eigenvalue weighted by Crippen LogP contribution is 2.13. The van der Waals surface area contributed by atoms with Crippen LogP contribution in [0.5, 0.6) is 0 Å². The van der Waals surface area contributed by atoms with Gasteiger partial charge in [-0.25, -0.2) is 9.59 Å². The average Bonchev–Trinajstić information content (AvgIpc) is 2.46. The Hall–Kier alpha value is -1.26. The van der Waals surface area contributed by atoms with E-state index in [-0.39, 0.29) is 11.9 Å². The van der Waals surface area contributed by atoms with E-state index in [9.17, 15) is 9.59 Å². The van der Waals surface area contributed by atoms with Crippen LogP contribution in [0.1, 0.15) is 66.2 Å². The molecule has 0 saturated heterocycles. The number of unbranched alkanes of at least 4 members (excludes halogenated alkanes) is 5. The first kappa shape index (κ1) is 20.7. The Morgan fingerprint density at radius 1 is 0.955 bits per heavy atom. The molecule has 1 atom stereocenters. The van der Waals surface area contributed by atoms with Crippen LogP contribution in [0.25, 0.3) is 0 Å². The Morgan fingerprint density at radius 2 is 1.55 bits per heavy atom. The lowest BCUT2D eigenvalue weighted by molar-refractivity contribution is -0.150. The van der Waals surface area contributed by atoms with E-state index in [2.05, 4.69) is 6.92 Å². The normalized spacial score (nSPS) is 12.1. The molecule has 5 heteroatoms. The van der Waals surface area contributed by atoms with Crippen molar-refractivity contribution in [1.82, 2.24) is 4.90 Å². The maximum atomic E-state index is 12.2. The molecule has 0 aliphatic rings. The van der Waals surface area contributed by atoms with Crippen molar-refractivity contribution in [3.8, 4) is 0 Å². The van der Waals surface area contributed by atoms with Crippen LogP contribution in [0.2, 0.25) is 0 Å². The highest BCUT2D eigenvalue weighted by atomic mass is 16.6. The molecule has 0 fully saturated rings. The fraction of sp³-hybridized carbons (Fsp3) is 0.882. The van der Waals surface area contributed by atoms with Crippen LogP contribution in [0.15, 0.2) is 0 Å². The minimum absolute atomic E-state index is 0.0218. The number of amides is 1. The van der Waals surface area contributed by atoms with Crippen molar-refractivity contribution in [2.24, 2.45) is 5.92 Å². The van der Waals surface area contributed by atoms with Gasteiger partial charge in [-0.3, -0.25) is 4.90 Å². The van der Waals surface area contributed by atoms with Crippen molar-refractivity contribution in [1.29, 1.82) is 0 Å². The molecule has 0 aromatic carbocycles. The SMILES string of the molecule is CCCCCCCCOC(=O)C(C(C)C)N(C)C(=O)OCC.